The highest BCUT2D eigenvalue weighted by Crippen LogP contribution is 2.14. The molecule has 0 radical (unpaired) electrons. The minimum Gasteiger partial charge on any atom is -0.494 e. The molecule has 1 rings (SSSR count). The number of benzene rings is 1. The number of hydrogen-bond donors (Lipinski definition) is 1. The first-order chi connectivity index (χ1) is 5.83. The summed E-state index contributed by atoms with van der Waals surface area (Å²) in [7, 11) is 0. The van der Waals surface area contributed by atoms with Gasteiger partial charge in [0.1, 0.15) is 5.75 Å². The molecule has 1 aromatic carbocycles. The molecule has 2 N–H and O–H groups in total. The van der Waals surface area contributed by atoms with Gasteiger partial charge in [0.15, 0.2) is 0 Å². The number of halogens is 1. The Bertz CT molecular complexity index is 240. The third kappa shape index (κ3) is 3.40. The molecule has 0 saturated carbocycles. The first-order valence-electron chi connectivity index (χ1n) is 3.91. The molecule has 66 valence electrons. The maximum atomic E-state index is 5.44. The van der Waals surface area contributed by atoms with E-state index < -0.39 is 0 Å². The molecule has 3 heteroatoms. The summed E-state index contributed by atoms with van der Waals surface area (Å²) in [5.41, 5.74) is 5.34. The third-order valence-electron chi connectivity index (χ3n) is 1.41. The van der Waals surface area contributed by atoms with Gasteiger partial charge in [-0.05, 0) is 53.8 Å². The van der Waals surface area contributed by atoms with Gasteiger partial charge in [0.05, 0.1) is 6.61 Å². The summed E-state index contributed by atoms with van der Waals surface area (Å²) < 4.78 is 6.63. The lowest BCUT2D eigenvalue weighted by Crippen LogP contribution is -2.05. The zero-order chi connectivity index (χ0) is 8.81. The predicted molar refractivity (Wildman–Crippen MR) is 58.3 cm³/mol. The minimum absolute atomic E-state index is 0.684. The van der Waals surface area contributed by atoms with Crippen LogP contribution in [0, 0.1) is 3.57 Å². The van der Waals surface area contributed by atoms with Gasteiger partial charge >= 0.3 is 0 Å². The van der Waals surface area contributed by atoms with Gasteiger partial charge in [-0.3, -0.25) is 0 Å². The zero-order valence-corrected chi connectivity index (χ0v) is 8.95. The second kappa shape index (κ2) is 5.37. The first-order valence-corrected chi connectivity index (χ1v) is 4.99. The quantitative estimate of drug-likeness (QED) is 0.675. The second-order valence-corrected chi connectivity index (χ2v) is 3.69. The van der Waals surface area contributed by atoms with Crippen molar-refractivity contribution in [3.63, 3.8) is 0 Å². The number of nitrogens with two attached hydrogens (primary N) is 1. The molecule has 0 unspecified atom stereocenters. The smallest absolute Gasteiger partial charge is 0.120 e. The standard InChI is InChI=1S/C9H12INO/c10-8-3-1-4-9(7-8)12-6-2-5-11/h1,3-4,7H,2,5-6,11H2. The van der Waals surface area contributed by atoms with Gasteiger partial charge in [0.25, 0.3) is 0 Å². The fraction of sp³-hybridized carbons (Fsp3) is 0.333. The van der Waals surface area contributed by atoms with Crippen LogP contribution in [0.2, 0.25) is 0 Å². The van der Waals surface area contributed by atoms with Crippen molar-refractivity contribution in [2.45, 2.75) is 6.42 Å². The lowest BCUT2D eigenvalue weighted by atomic mass is 10.3. The summed E-state index contributed by atoms with van der Waals surface area (Å²) in [6, 6.07) is 7.99. The third-order valence-corrected chi connectivity index (χ3v) is 2.08. The highest BCUT2D eigenvalue weighted by atomic mass is 127. The van der Waals surface area contributed by atoms with Crippen molar-refractivity contribution in [2.75, 3.05) is 13.2 Å². The Labute approximate surface area is 86.2 Å². The van der Waals surface area contributed by atoms with E-state index in [1.165, 1.54) is 3.57 Å². The van der Waals surface area contributed by atoms with Crippen molar-refractivity contribution >= 4 is 22.6 Å². The summed E-state index contributed by atoms with van der Waals surface area (Å²) in [4.78, 5) is 0. The molecule has 1 aromatic rings. The second-order valence-electron chi connectivity index (χ2n) is 2.45. The van der Waals surface area contributed by atoms with E-state index >= 15 is 0 Å². The predicted octanol–water partition coefficient (Wildman–Crippen LogP) is 2.02. The van der Waals surface area contributed by atoms with Crippen LogP contribution in [0.25, 0.3) is 0 Å². The fourth-order valence-electron chi connectivity index (χ4n) is 0.830. The number of hydrogen-bond acceptors (Lipinski definition) is 2. The number of rotatable bonds is 4. The lowest BCUT2D eigenvalue weighted by Gasteiger charge is -2.04. The summed E-state index contributed by atoms with van der Waals surface area (Å²) in [6.45, 7) is 1.39. The van der Waals surface area contributed by atoms with Crippen molar-refractivity contribution < 1.29 is 4.74 Å². The highest BCUT2D eigenvalue weighted by molar-refractivity contribution is 14.1. The van der Waals surface area contributed by atoms with Gasteiger partial charge < -0.3 is 10.5 Å². The van der Waals surface area contributed by atoms with Crippen LogP contribution >= 0.6 is 22.6 Å². The average Bonchev–Trinajstić information content (AvgIpc) is 2.05. The van der Waals surface area contributed by atoms with Crippen molar-refractivity contribution in [2.24, 2.45) is 5.73 Å². The Kier molecular flexibility index (Phi) is 4.39. The Hall–Kier alpha value is -0.290. The van der Waals surface area contributed by atoms with E-state index in [0.717, 1.165) is 12.2 Å². The van der Waals surface area contributed by atoms with Gasteiger partial charge in [0.2, 0.25) is 0 Å². The van der Waals surface area contributed by atoms with Crippen LogP contribution in [0.3, 0.4) is 0 Å². The summed E-state index contributed by atoms with van der Waals surface area (Å²) >= 11 is 2.26. The van der Waals surface area contributed by atoms with Crippen LogP contribution in [0.1, 0.15) is 6.42 Å². The Morgan fingerprint density at radius 2 is 2.25 bits per heavy atom. The van der Waals surface area contributed by atoms with Crippen LogP contribution in [0.4, 0.5) is 0 Å². The zero-order valence-electron chi connectivity index (χ0n) is 6.79. The van der Waals surface area contributed by atoms with Crippen LogP contribution in [0.5, 0.6) is 5.75 Å². The molecule has 0 bridgehead atoms. The summed E-state index contributed by atoms with van der Waals surface area (Å²) in [6.07, 6.45) is 0.908. The van der Waals surface area contributed by atoms with E-state index in [0.29, 0.717) is 13.2 Å². The van der Waals surface area contributed by atoms with Crippen molar-refractivity contribution in [3.05, 3.63) is 27.8 Å². The van der Waals surface area contributed by atoms with Crippen LogP contribution < -0.4 is 10.5 Å². The van der Waals surface area contributed by atoms with Gasteiger partial charge in [-0.25, -0.2) is 0 Å². The Morgan fingerprint density at radius 3 is 2.92 bits per heavy atom. The average molecular weight is 277 g/mol. The monoisotopic (exact) mass is 277 g/mol. The molecule has 0 amide bonds. The van der Waals surface area contributed by atoms with Crippen molar-refractivity contribution in [1.29, 1.82) is 0 Å². The van der Waals surface area contributed by atoms with E-state index in [-0.39, 0.29) is 0 Å². The molecule has 0 aliphatic carbocycles. The summed E-state index contributed by atoms with van der Waals surface area (Å²) in [5, 5.41) is 0. The maximum absolute atomic E-state index is 5.44. The van der Waals surface area contributed by atoms with E-state index in [1.807, 2.05) is 24.3 Å². The molecular weight excluding hydrogens is 265 g/mol. The highest BCUT2D eigenvalue weighted by Gasteiger charge is 1.92. The Morgan fingerprint density at radius 1 is 1.42 bits per heavy atom. The molecule has 12 heavy (non-hydrogen) atoms. The molecule has 0 spiro atoms. The fourth-order valence-corrected chi connectivity index (χ4v) is 1.34. The van der Waals surface area contributed by atoms with Crippen LogP contribution in [-0.2, 0) is 0 Å². The molecule has 0 aromatic heterocycles. The molecule has 0 saturated heterocycles. The summed E-state index contributed by atoms with van der Waals surface area (Å²) in [5.74, 6) is 0.926. The van der Waals surface area contributed by atoms with Gasteiger partial charge in [-0.2, -0.15) is 0 Å². The SMILES string of the molecule is NCCCOc1cccc(I)c1. The maximum Gasteiger partial charge on any atom is 0.120 e. The van der Waals surface area contributed by atoms with Crippen LogP contribution in [-0.4, -0.2) is 13.2 Å². The molecule has 0 atom stereocenters. The van der Waals surface area contributed by atoms with E-state index in [4.69, 9.17) is 10.5 Å². The molecule has 0 fully saturated rings. The Balaban J connectivity index is 2.41. The molecular formula is C9H12INO. The topological polar surface area (TPSA) is 35.2 Å². The van der Waals surface area contributed by atoms with E-state index in [2.05, 4.69) is 22.6 Å². The van der Waals surface area contributed by atoms with E-state index in [9.17, 15) is 0 Å². The largest absolute Gasteiger partial charge is 0.494 e. The van der Waals surface area contributed by atoms with Crippen molar-refractivity contribution in [1.82, 2.24) is 0 Å². The minimum atomic E-state index is 0.684. The number of ether oxygens (including phenoxy) is 1. The molecule has 2 nitrogen and oxygen atoms in total. The van der Waals surface area contributed by atoms with Gasteiger partial charge in [0, 0.05) is 3.57 Å². The van der Waals surface area contributed by atoms with Crippen LogP contribution in [0.15, 0.2) is 24.3 Å². The van der Waals surface area contributed by atoms with Gasteiger partial charge in [-0.15, -0.1) is 0 Å². The van der Waals surface area contributed by atoms with E-state index in [1.54, 1.807) is 0 Å². The first kappa shape index (κ1) is 9.80. The lowest BCUT2D eigenvalue weighted by molar-refractivity contribution is 0.313. The normalized spacial score (nSPS) is 9.83. The van der Waals surface area contributed by atoms with Gasteiger partial charge in [-0.1, -0.05) is 6.07 Å². The molecule has 0 aliphatic heterocycles. The molecule has 0 aliphatic rings. The molecule has 0 heterocycles. The van der Waals surface area contributed by atoms with Crippen molar-refractivity contribution in [3.8, 4) is 5.75 Å².